The van der Waals surface area contributed by atoms with Crippen LogP contribution in [0, 0.1) is 0 Å². The summed E-state index contributed by atoms with van der Waals surface area (Å²) >= 11 is 0. The molecule has 2 atom stereocenters. The topological polar surface area (TPSA) is 73.2 Å². The van der Waals surface area contributed by atoms with Crippen molar-refractivity contribution in [3.8, 4) is 5.75 Å². The Morgan fingerprint density at radius 1 is 1.10 bits per heavy atom. The lowest BCUT2D eigenvalue weighted by Crippen LogP contribution is -2.44. The molecule has 0 bridgehead atoms. The molecule has 0 spiro atoms. The van der Waals surface area contributed by atoms with Crippen molar-refractivity contribution in [2.45, 2.75) is 123 Å². The first-order valence-corrected chi connectivity index (χ1v) is 17.9. The molecule has 40 heavy (non-hydrogen) atoms. The first-order chi connectivity index (χ1) is 18.6. The Bertz CT molecular complexity index is 1120. The lowest BCUT2D eigenvalue weighted by Gasteiger charge is -2.38. The largest absolute Gasteiger partial charge is 0.517 e. The summed E-state index contributed by atoms with van der Waals surface area (Å²) in [6, 6.07) is 6.13. The Hall–Kier alpha value is -1.43. The number of hydrogen-bond acceptors (Lipinski definition) is 7. The number of ether oxygens (including phenoxy) is 3. The highest BCUT2D eigenvalue weighted by atomic mass is 28.4. The van der Waals surface area contributed by atoms with Gasteiger partial charge >= 0.3 is 7.12 Å². The highest BCUT2D eigenvalue weighted by Gasteiger charge is 2.53. The summed E-state index contributed by atoms with van der Waals surface area (Å²) in [6.07, 6.45) is 3.95. The smallest absolute Gasteiger partial charge is 0.493 e. The maximum Gasteiger partial charge on any atom is 0.517 e. The molecule has 0 N–H and O–H groups in total. The fraction of sp³-hybridized carbons (Fsp3) is 0.767. The van der Waals surface area contributed by atoms with Crippen LogP contribution < -0.4 is 10.3 Å². The Morgan fingerprint density at radius 3 is 2.42 bits per heavy atom. The molecule has 1 aromatic heterocycles. The lowest BCUT2D eigenvalue weighted by atomic mass is 9.82. The first-order valence-electron chi connectivity index (χ1n) is 15.0. The van der Waals surface area contributed by atoms with E-state index in [9.17, 15) is 0 Å². The van der Waals surface area contributed by atoms with Gasteiger partial charge in [0.25, 0.3) is 0 Å². The Morgan fingerprint density at radius 2 is 1.80 bits per heavy atom. The van der Waals surface area contributed by atoms with Crippen molar-refractivity contribution in [1.29, 1.82) is 0 Å². The number of aromatic nitrogens is 2. The van der Waals surface area contributed by atoms with Crippen LogP contribution >= 0.6 is 0 Å². The van der Waals surface area contributed by atoms with E-state index in [-0.39, 0.29) is 17.4 Å². The van der Waals surface area contributed by atoms with E-state index in [1.54, 1.807) is 0 Å². The molecule has 2 aliphatic heterocycles. The molecule has 2 saturated heterocycles. The Labute approximate surface area is 242 Å². The summed E-state index contributed by atoms with van der Waals surface area (Å²) in [4.78, 5) is 0. The zero-order chi connectivity index (χ0) is 29.3. The van der Waals surface area contributed by atoms with Gasteiger partial charge in [-0.15, -0.1) is 0 Å². The fourth-order valence-corrected chi connectivity index (χ4v) is 6.24. The predicted octanol–water partition coefficient (Wildman–Crippen LogP) is 6.23. The molecular formula is C30H51BN2O6Si. The van der Waals surface area contributed by atoms with Gasteiger partial charge in [0.05, 0.1) is 36.0 Å². The van der Waals surface area contributed by atoms with E-state index < -0.39 is 26.6 Å². The second-order valence-corrected chi connectivity index (χ2v) is 18.6. The van der Waals surface area contributed by atoms with Gasteiger partial charge in [0.2, 0.25) is 0 Å². The van der Waals surface area contributed by atoms with Gasteiger partial charge in [0.1, 0.15) is 11.3 Å². The molecule has 0 saturated carbocycles. The van der Waals surface area contributed by atoms with Crippen LogP contribution in [0.1, 0.15) is 87.3 Å². The third-order valence-electron chi connectivity index (χ3n) is 8.97. The molecule has 2 aliphatic rings. The molecule has 0 aliphatic carbocycles. The van der Waals surface area contributed by atoms with Gasteiger partial charge in [-0.25, -0.2) is 4.68 Å². The average molecular weight is 575 g/mol. The van der Waals surface area contributed by atoms with Crippen molar-refractivity contribution in [2.75, 3.05) is 26.4 Å². The van der Waals surface area contributed by atoms with Crippen molar-refractivity contribution < 1.29 is 27.9 Å². The normalized spacial score (nSPS) is 22.1. The van der Waals surface area contributed by atoms with Gasteiger partial charge < -0.3 is 27.9 Å². The van der Waals surface area contributed by atoms with E-state index in [1.165, 1.54) is 0 Å². The van der Waals surface area contributed by atoms with Gasteiger partial charge in [-0.1, -0.05) is 20.8 Å². The molecule has 224 valence electrons. The highest BCUT2D eigenvalue weighted by Crippen LogP contribution is 2.38. The zero-order valence-corrected chi connectivity index (χ0v) is 27.5. The minimum absolute atomic E-state index is 0.0839. The van der Waals surface area contributed by atoms with Crippen LogP contribution in [0.2, 0.25) is 18.1 Å². The fourth-order valence-electron chi connectivity index (χ4n) is 4.81. The summed E-state index contributed by atoms with van der Waals surface area (Å²) in [7, 11) is -2.35. The summed E-state index contributed by atoms with van der Waals surface area (Å²) in [6.45, 7) is 24.2. The van der Waals surface area contributed by atoms with Crippen LogP contribution in [0.3, 0.4) is 0 Å². The molecule has 2 fully saturated rings. The molecule has 0 amide bonds. The van der Waals surface area contributed by atoms with E-state index in [2.05, 4.69) is 80.6 Å². The van der Waals surface area contributed by atoms with Crippen molar-refractivity contribution in [2.24, 2.45) is 0 Å². The second kappa shape index (κ2) is 12.1. The first kappa shape index (κ1) is 31.5. The SMILES string of the molecule is CC(COCCCOc1ccc2c(c1)c(B1OC(C)(C)C(C)(C)O1)nn2C1CCCCO1)O[Si](C)(C)C(C)(C)C. The minimum atomic E-state index is -1.79. The van der Waals surface area contributed by atoms with Crippen molar-refractivity contribution >= 4 is 31.9 Å². The van der Waals surface area contributed by atoms with Crippen molar-refractivity contribution in [3.05, 3.63) is 18.2 Å². The van der Waals surface area contributed by atoms with Crippen LogP contribution in [0.15, 0.2) is 18.2 Å². The van der Waals surface area contributed by atoms with Crippen LogP contribution in [0.25, 0.3) is 10.9 Å². The van der Waals surface area contributed by atoms with E-state index in [1.807, 2.05) is 10.7 Å². The second-order valence-electron chi connectivity index (χ2n) is 13.9. The molecule has 1 aromatic carbocycles. The quantitative estimate of drug-likeness (QED) is 0.233. The van der Waals surface area contributed by atoms with Gasteiger partial charge in [-0.05, 0) is 90.2 Å². The van der Waals surface area contributed by atoms with Crippen molar-refractivity contribution in [3.63, 3.8) is 0 Å². The average Bonchev–Trinajstić information content (AvgIpc) is 3.33. The van der Waals surface area contributed by atoms with E-state index in [0.717, 1.165) is 54.5 Å². The Kier molecular flexibility index (Phi) is 9.49. The number of benzene rings is 1. The van der Waals surface area contributed by atoms with Crippen LogP contribution in [0.5, 0.6) is 5.75 Å². The molecule has 2 aromatic rings. The van der Waals surface area contributed by atoms with Crippen LogP contribution in [-0.4, -0.2) is 68.9 Å². The molecule has 2 unspecified atom stereocenters. The van der Waals surface area contributed by atoms with Gasteiger partial charge in [-0.2, -0.15) is 5.10 Å². The van der Waals surface area contributed by atoms with Crippen LogP contribution in [-0.2, 0) is 23.2 Å². The predicted molar refractivity (Wildman–Crippen MR) is 163 cm³/mol. The lowest BCUT2D eigenvalue weighted by molar-refractivity contribution is -0.0364. The molecule has 10 heteroatoms. The minimum Gasteiger partial charge on any atom is -0.493 e. The summed E-state index contributed by atoms with van der Waals surface area (Å²) < 4.78 is 39.3. The summed E-state index contributed by atoms with van der Waals surface area (Å²) in [5.41, 5.74) is 0.878. The summed E-state index contributed by atoms with van der Waals surface area (Å²) in [5, 5.41) is 6.17. The van der Waals surface area contributed by atoms with Gasteiger partial charge in [-0.3, -0.25) is 0 Å². The maximum atomic E-state index is 6.39. The standard InChI is InChI=1S/C30H51BN2O6Si/c1-22(37-40(9,10)28(2,3)4)21-34-17-13-19-35-23-15-16-25-24(20-23)27(31-38-29(5,6)30(7,8)39-31)32-33(25)26-14-11-12-18-36-26/h15-16,20,22,26H,11-14,17-19,21H2,1-10H3. The molecule has 3 heterocycles. The van der Waals surface area contributed by atoms with Crippen molar-refractivity contribution in [1.82, 2.24) is 9.78 Å². The number of hydrogen-bond donors (Lipinski definition) is 0. The van der Waals surface area contributed by atoms with Gasteiger partial charge in [0.15, 0.2) is 14.5 Å². The van der Waals surface area contributed by atoms with E-state index in [4.69, 9.17) is 33.0 Å². The highest BCUT2D eigenvalue weighted by molar-refractivity contribution is 6.74. The number of fused-ring (bicyclic) bond motifs is 1. The molecule has 0 radical (unpaired) electrons. The van der Waals surface area contributed by atoms with Crippen LogP contribution in [0.4, 0.5) is 0 Å². The monoisotopic (exact) mass is 574 g/mol. The maximum absolute atomic E-state index is 6.39. The molecule has 4 rings (SSSR count). The Balaban J connectivity index is 1.39. The van der Waals surface area contributed by atoms with E-state index >= 15 is 0 Å². The van der Waals surface area contributed by atoms with Gasteiger partial charge in [0, 0.05) is 25.0 Å². The molecular weight excluding hydrogens is 523 g/mol. The van der Waals surface area contributed by atoms with E-state index in [0.29, 0.717) is 19.8 Å². The summed E-state index contributed by atoms with van der Waals surface area (Å²) in [5.74, 6) is 0.795. The number of nitrogens with zero attached hydrogens (tertiary/aromatic N) is 2. The number of rotatable bonds is 11. The zero-order valence-electron chi connectivity index (χ0n) is 26.5. The molecule has 8 nitrogen and oxygen atoms in total. The third kappa shape index (κ3) is 6.95. The third-order valence-corrected chi connectivity index (χ3v) is 13.6.